The van der Waals surface area contributed by atoms with E-state index < -0.39 is 0 Å². The van der Waals surface area contributed by atoms with Crippen LogP contribution in [0.5, 0.6) is 5.75 Å². The molecule has 0 amide bonds. The number of rotatable bonds is 4. The number of hydrogen-bond donors (Lipinski definition) is 0. The molecule has 1 saturated heterocycles. The van der Waals surface area contributed by atoms with Crippen molar-refractivity contribution in [1.82, 2.24) is 19.0 Å². The van der Waals surface area contributed by atoms with Crippen LogP contribution in [0.2, 0.25) is 0 Å². The second-order valence-electron chi connectivity index (χ2n) is 8.75. The van der Waals surface area contributed by atoms with Crippen molar-refractivity contribution in [2.75, 3.05) is 13.1 Å². The SMILES string of the molecule is Cn1c2c(c3ccc(-n4ccc(OCc5ccccc5)cc4=O)nc31)C1CCCN1CC2. The van der Waals surface area contributed by atoms with Gasteiger partial charge in [-0.25, -0.2) is 4.98 Å². The van der Waals surface area contributed by atoms with E-state index in [4.69, 9.17) is 9.72 Å². The van der Waals surface area contributed by atoms with E-state index in [-0.39, 0.29) is 5.56 Å². The van der Waals surface area contributed by atoms with E-state index in [1.54, 1.807) is 10.8 Å². The van der Waals surface area contributed by atoms with Crippen molar-refractivity contribution in [3.8, 4) is 11.6 Å². The predicted octanol–water partition coefficient (Wildman–Crippen LogP) is 4.00. The maximum absolute atomic E-state index is 12.8. The molecule has 2 aliphatic heterocycles. The Bertz CT molecular complexity index is 1360. The highest BCUT2D eigenvalue weighted by Crippen LogP contribution is 2.42. The Balaban J connectivity index is 1.33. The molecule has 32 heavy (non-hydrogen) atoms. The van der Waals surface area contributed by atoms with Crippen molar-refractivity contribution >= 4 is 11.0 Å². The van der Waals surface area contributed by atoms with Gasteiger partial charge in [-0.1, -0.05) is 30.3 Å². The van der Waals surface area contributed by atoms with E-state index >= 15 is 0 Å². The van der Waals surface area contributed by atoms with Crippen LogP contribution in [-0.4, -0.2) is 32.1 Å². The molecule has 5 heterocycles. The van der Waals surface area contributed by atoms with Gasteiger partial charge in [0.25, 0.3) is 5.56 Å². The number of fused-ring (bicyclic) bond motifs is 5. The second kappa shape index (κ2) is 7.64. The smallest absolute Gasteiger partial charge is 0.259 e. The third-order valence-corrected chi connectivity index (χ3v) is 6.90. The fourth-order valence-electron chi connectivity index (χ4n) is 5.33. The molecule has 1 fully saturated rings. The van der Waals surface area contributed by atoms with Crippen molar-refractivity contribution in [3.05, 3.63) is 88.0 Å². The summed E-state index contributed by atoms with van der Waals surface area (Å²) >= 11 is 0. The largest absolute Gasteiger partial charge is 0.489 e. The molecular weight excluding hydrogens is 400 g/mol. The molecule has 0 N–H and O–H groups in total. The monoisotopic (exact) mass is 426 g/mol. The summed E-state index contributed by atoms with van der Waals surface area (Å²) in [6.45, 7) is 2.75. The highest BCUT2D eigenvalue weighted by Gasteiger charge is 2.35. The summed E-state index contributed by atoms with van der Waals surface area (Å²) in [7, 11) is 2.10. The number of aromatic nitrogens is 3. The van der Waals surface area contributed by atoms with Gasteiger partial charge in [-0.05, 0) is 48.7 Å². The third kappa shape index (κ3) is 3.14. The van der Waals surface area contributed by atoms with Gasteiger partial charge in [-0.3, -0.25) is 14.3 Å². The normalized spacial score (nSPS) is 18.0. The van der Waals surface area contributed by atoms with Crippen LogP contribution in [0.1, 0.15) is 35.7 Å². The fourth-order valence-corrected chi connectivity index (χ4v) is 5.33. The lowest BCUT2D eigenvalue weighted by Gasteiger charge is -2.30. The van der Waals surface area contributed by atoms with Crippen molar-refractivity contribution in [3.63, 3.8) is 0 Å². The first-order chi connectivity index (χ1) is 15.7. The number of aryl methyl sites for hydroxylation is 1. The van der Waals surface area contributed by atoms with Crippen LogP contribution in [0.3, 0.4) is 0 Å². The summed E-state index contributed by atoms with van der Waals surface area (Å²) in [4.78, 5) is 20.4. The highest BCUT2D eigenvalue weighted by molar-refractivity contribution is 5.84. The summed E-state index contributed by atoms with van der Waals surface area (Å²) in [6, 6.07) is 17.9. The molecule has 0 aliphatic carbocycles. The lowest BCUT2D eigenvalue weighted by Crippen LogP contribution is -2.31. The van der Waals surface area contributed by atoms with Gasteiger partial charge in [0.15, 0.2) is 0 Å². The first-order valence-electron chi connectivity index (χ1n) is 11.3. The standard InChI is InChI=1S/C26H26N4O2/c1-28-21-12-14-29-13-5-8-22(29)25(21)20-9-10-23(27-26(20)28)30-15-11-19(16-24(30)31)32-17-18-6-3-2-4-7-18/h2-4,6-7,9-11,15-16,22H,5,8,12-14,17H2,1H3. The summed E-state index contributed by atoms with van der Waals surface area (Å²) in [5, 5.41) is 1.22. The minimum absolute atomic E-state index is 0.150. The molecule has 6 heteroatoms. The minimum atomic E-state index is -0.150. The fraction of sp³-hybridized carbons (Fsp3) is 0.308. The Kier molecular flexibility index (Phi) is 4.61. The van der Waals surface area contributed by atoms with Crippen LogP contribution in [0.25, 0.3) is 16.9 Å². The van der Waals surface area contributed by atoms with E-state index in [0.29, 0.717) is 24.2 Å². The van der Waals surface area contributed by atoms with Crippen LogP contribution >= 0.6 is 0 Å². The molecule has 0 spiro atoms. The number of pyridine rings is 2. The van der Waals surface area contributed by atoms with E-state index in [1.807, 2.05) is 42.5 Å². The highest BCUT2D eigenvalue weighted by atomic mass is 16.5. The molecule has 4 aromatic rings. The molecular formula is C26H26N4O2. The molecule has 3 aromatic heterocycles. The zero-order valence-corrected chi connectivity index (χ0v) is 18.2. The van der Waals surface area contributed by atoms with Crippen molar-refractivity contribution in [2.24, 2.45) is 7.05 Å². The summed E-state index contributed by atoms with van der Waals surface area (Å²) in [6.07, 6.45) is 5.29. The number of nitrogens with zero attached hydrogens (tertiary/aromatic N) is 4. The topological polar surface area (TPSA) is 52.3 Å². The lowest BCUT2D eigenvalue weighted by atomic mass is 9.96. The Morgan fingerprint density at radius 3 is 2.81 bits per heavy atom. The average Bonchev–Trinajstić information content (AvgIpc) is 3.41. The van der Waals surface area contributed by atoms with Crippen molar-refractivity contribution in [1.29, 1.82) is 0 Å². The van der Waals surface area contributed by atoms with E-state index in [1.165, 1.54) is 42.1 Å². The Hall–Kier alpha value is -3.38. The number of ether oxygens (including phenoxy) is 1. The second-order valence-corrected chi connectivity index (χ2v) is 8.75. The molecule has 6 rings (SSSR count). The van der Waals surface area contributed by atoms with Crippen LogP contribution in [0.15, 0.2) is 65.6 Å². The van der Waals surface area contributed by atoms with E-state index in [9.17, 15) is 4.79 Å². The van der Waals surface area contributed by atoms with Gasteiger partial charge in [-0.15, -0.1) is 0 Å². The zero-order chi connectivity index (χ0) is 21.7. The molecule has 162 valence electrons. The Labute approximate surface area is 186 Å². The van der Waals surface area contributed by atoms with E-state index in [0.717, 1.165) is 24.2 Å². The third-order valence-electron chi connectivity index (χ3n) is 6.90. The van der Waals surface area contributed by atoms with E-state index in [2.05, 4.69) is 22.6 Å². The minimum Gasteiger partial charge on any atom is -0.489 e. The molecule has 6 nitrogen and oxygen atoms in total. The molecule has 0 radical (unpaired) electrons. The van der Waals surface area contributed by atoms with Gasteiger partial charge >= 0.3 is 0 Å². The molecule has 0 bridgehead atoms. The lowest BCUT2D eigenvalue weighted by molar-refractivity contribution is 0.242. The van der Waals surface area contributed by atoms with Gasteiger partial charge in [-0.2, -0.15) is 0 Å². The van der Waals surface area contributed by atoms with Crippen molar-refractivity contribution in [2.45, 2.75) is 31.9 Å². The number of benzene rings is 1. The maximum Gasteiger partial charge on any atom is 0.259 e. The van der Waals surface area contributed by atoms with Crippen LogP contribution in [0, 0.1) is 0 Å². The predicted molar refractivity (Wildman–Crippen MR) is 124 cm³/mol. The summed E-state index contributed by atoms with van der Waals surface area (Å²) in [5.41, 5.74) is 4.71. The quantitative estimate of drug-likeness (QED) is 0.495. The molecule has 1 aromatic carbocycles. The summed E-state index contributed by atoms with van der Waals surface area (Å²) < 4.78 is 9.62. The molecule has 1 atom stereocenters. The van der Waals surface area contributed by atoms with Gasteiger partial charge in [0, 0.05) is 49.4 Å². The Morgan fingerprint density at radius 2 is 1.97 bits per heavy atom. The van der Waals surface area contributed by atoms with Gasteiger partial charge in [0.05, 0.1) is 0 Å². The van der Waals surface area contributed by atoms with Crippen LogP contribution < -0.4 is 10.3 Å². The number of hydrogen-bond acceptors (Lipinski definition) is 4. The Morgan fingerprint density at radius 1 is 1.09 bits per heavy atom. The molecule has 2 aliphatic rings. The van der Waals surface area contributed by atoms with Gasteiger partial charge in [0.1, 0.15) is 23.8 Å². The first-order valence-corrected chi connectivity index (χ1v) is 11.3. The molecule has 1 unspecified atom stereocenters. The van der Waals surface area contributed by atoms with Crippen LogP contribution in [-0.2, 0) is 20.1 Å². The van der Waals surface area contributed by atoms with Gasteiger partial charge in [0.2, 0.25) is 0 Å². The maximum atomic E-state index is 12.8. The average molecular weight is 427 g/mol. The van der Waals surface area contributed by atoms with Gasteiger partial charge < -0.3 is 9.30 Å². The van der Waals surface area contributed by atoms with Crippen molar-refractivity contribution < 1.29 is 4.74 Å². The molecule has 0 saturated carbocycles. The first kappa shape index (κ1) is 19.3. The summed E-state index contributed by atoms with van der Waals surface area (Å²) in [5.74, 6) is 1.20. The van der Waals surface area contributed by atoms with Crippen LogP contribution in [0.4, 0.5) is 0 Å². The zero-order valence-electron chi connectivity index (χ0n) is 18.2.